The van der Waals surface area contributed by atoms with E-state index in [-0.39, 0.29) is 23.5 Å². The van der Waals surface area contributed by atoms with E-state index in [4.69, 9.17) is 0 Å². The molecule has 1 atom stereocenters. The summed E-state index contributed by atoms with van der Waals surface area (Å²) >= 11 is 0. The summed E-state index contributed by atoms with van der Waals surface area (Å²) < 4.78 is 30.4. The van der Waals surface area contributed by atoms with Crippen molar-refractivity contribution in [2.45, 2.75) is 39.2 Å². The van der Waals surface area contributed by atoms with Gasteiger partial charge >= 0.3 is 0 Å². The van der Waals surface area contributed by atoms with Crippen LogP contribution in [0, 0.1) is 11.6 Å². The maximum absolute atomic E-state index is 14.7. The molecule has 1 unspecified atom stereocenters. The van der Waals surface area contributed by atoms with E-state index in [0.29, 0.717) is 23.1 Å². The second kappa shape index (κ2) is 6.20. The Bertz CT molecular complexity index is 1090. The largest absolute Gasteiger partial charge is 0.275 e. The standard InChI is InChI=1S/C20H20F2N4/c1-11(2)14-5-4-13-10-26(25-19(13)18(14)22)9-12(3)15-6-7-17(21)20-16(15)8-23-24-20/h4-8,10-12H,9H2,1-3H3,(H,23,24)/p+1. The molecule has 134 valence electrons. The van der Waals surface area contributed by atoms with Crippen molar-refractivity contribution in [2.75, 3.05) is 0 Å². The molecular formula is C20H21F2N4+. The van der Waals surface area contributed by atoms with Crippen molar-refractivity contribution in [1.82, 2.24) is 15.3 Å². The number of rotatable bonds is 4. The number of halogens is 2. The molecule has 4 rings (SSSR count). The second-order valence-electron chi connectivity index (χ2n) is 7.18. The van der Waals surface area contributed by atoms with Gasteiger partial charge in [0, 0.05) is 11.3 Å². The molecule has 4 nitrogen and oxygen atoms in total. The first-order valence-electron chi connectivity index (χ1n) is 8.77. The molecule has 0 aliphatic carbocycles. The molecule has 2 aromatic heterocycles. The number of aromatic amines is 2. The molecule has 0 aliphatic rings. The maximum Gasteiger partial charge on any atom is 0.203 e. The molecule has 4 aromatic rings. The maximum atomic E-state index is 14.7. The Hall–Kier alpha value is -2.76. The van der Waals surface area contributed by atoms with Gasteiger partial charge < -0.3 is 0 Å². The molecule has 0 saturated carbocycles. The van der Waals surface area contributed by atoms with Crippen LogP contribution >= 0.6 is 0 Å². The summed E-state index contributed by atoms with van der Waals surface area (Å²) in [6.45, 7) is 6.65. The van der Waals surface area contributed by atoms with Crippen LogP contribution in [0.1, 0.15) is 43.7 Å². The van der Waals surface area contributed by atoms with Crippen molar-refractivity contribution in [3.8, 4) is 0 Å². The van der Waals surface area contributed by atoms with E-state index in [9.17, 15) is 8.78 Å². The average molecular weight is 355 g/mol. The molecule has 0 saturated heterocycles. The van der Waals surface area contributed by atoms with Crippen LogP contribution in [-0.4, -0.2) is 15.3 Å². The molecule has 0 fully saturated rings. The van der Waals surface area contributed by atoms with Gasteiger partial charge in [0.15, 0.2) is 12.4 Å². The fourth-order valence-electron chi connectivity index (χ4n) is 3.56. The van der Waals surface area contributed by atoms with Gasteiger partial charge in [0.05, 0.1) is 11.6 Å². The number of nitrogens with one attached hydrogen (secondary N) is 2. The van der Waals surface area contributed by atoms with Crippen molar-refractivity contribution >= 4 is 21.8 Å². The number of nitrogens with zero attached hydrogens (tertiary/aromatic N) is 2. The zero-order valence-electron chi connectivity index (χ0n) is 15.0. The van der Waals surface area contributed by atoms with Gasteiger partial charge in [-0.2, -0.15) is 10.2 Å². The van der Waals surface area contributed by atoms with E-state index in [1.807, 2.05) is 36.9 Å². The van der Waals surface area contributed by atoms with Crippen molar-refractivity contribution in [3.63, 3.8) is 0 Å². The van der Waals surface area contributed by atoms with Crippen molar-refractivity contribution < 1.29 is 13.5 Å². The van der Waals surface area contributed by atoms with Crippen LogP contribution in [0.25, 0.3) is 21.8 Å². The van der Waals surface area contributed by atoms with Gasteiger partial charge in [-0.3, -0.25) is 5.10 Å². The topological polar surface area (TPSA) is 48.4 Å². The third-order valence-electron chi connectivity index (χ3n) is 4.98. The van der Waals surface area contributed by atoms with Crippen LogP contribution in [-0.2, 0) is 6.54 Å². The summed E-state index contributed by atoms with van der Waals surface area (Å²) in [7, 11) is 0. The third-order valence-corrected chi connectivity index (χ3v) is 4.98. The number of H-pyrrole nitrogens is 2. The second-order valence-corrected chi connectivity index (χ2v) is 7.18. The van der Waals surface area contributed by atoms with Crippen LogP contribution in [0.5, 0.6) is 0 Å². The minimum atomic E-state index is -0.310. The lowest BCUT2D eigenvalue weighted by Gasteiger charge is -2.09. The highest BCUT2D eigenvalue weighted by Gasteiger charge is 2.21. The molecule has 6 heteroatoms. The number of hydrogen-bond donors (Lipinski definition) is 2. The van der Waals surface area contributed by atoms with E-state index in [0.717, 1.165) is 16.3 Å². The number of benzene rings is 2. The minimum Gasteiger partial charge on any atom is -0.275 e. The average Bonchev–Trinajstić information content (AvgIpc) is 3.22. The van der Waals surface area contributed by atoms with Crippen LogP contribution in [0.4, 0.5) is 8.78 Å². The fraction of sp³-hybridized carbons (Fsp3) is 0.300. The number of hydrogen-bond acceptors (Lipinski definition) is 1. The molecule has 0 bridgehead atoms. The first-order valence-corrected chi connectivity index (χ1v) is 8.77. The summed E-state index contributed by atoms with van der Waals surface area (Å²) in [6.07, 6.45) is 3.56. The summed E-state index contributed by atoms with van der Waals surface area (Å²) in [5.41, 5.74) is 2.66. The zero-order valence-corrected chi connectivity index (χ0v) is 15.0. The Labute approximate surface area is 149 Å². The molecular weight excluding hydrogens is 334 g/mol. The van der Waals surface area contributed by atoms with E-state index in [1.54, 1.807) is 12.3 Å². The van der Waals surface area contributed by atoms with E-state index in [2.05, 4.69) is 22.2 Å². The quantitative estimate of drug-likeness (QED) is 0.519. The molecule has 2 aromatic carbocycles. The smallest absolute Gasteiger partial charge is 0.203 e. The fourth-order valence-corrected chi connectivity index (χ4v) is 3.56. The highest BCUT2D eigenvalue weighted by atomic mass is 19.1. The Morgan fingerprint density at radius 3 is 2.58 bits per heavy atom. The number of aromatic nitrogens is 4. The summed E-state index contributed by atoms with van der Waals surface area (Å²) in [4.78, 5) is 0. The van der Waals surface area contributed by atoms with E-state index in [1.165, 1.54) is 6.07 Å². The highest BCUT2D eigenvalue weighted by Crippen LogP contribution is 2.27. The van der Waals surface area contributed by atoms with Crippen molar-refractivity contribution in [1.29, 1.82) is 0 Å². The lowest BCUT2D eigenvalue weighted by molar-refractivity contribution is -0.750. The molecule has 2 heterocycles. The van der Waals surface area contributed by atoms with Gasteiger partial charge in [0.25, 0.3) is 0 Å². The summed E-state index contributed by atoms with van der Waals surface area (Å²) in [5, 5.41) is 11.4. The molecule has 2 N–H and O–H groups in total. The monoisotopic (exact) mass is 355 g/mol. The van der Waals surface area contributed by atoms with Crippen molar-refractivity contribution in [2.24, 2.45) is 0 Å². The molecule has 0 radical (unpaired) electrons. The Kier molecular flexibility index (Phi) is 3.98. The first kappa shape index (κ1) is 16.7. The SMILES string of the molecule is CC(C)c1ccc2c[n+](CC(C)c3ccc(F)c4[nH]ncc34)[nH]c2c1F. The highest BCUT2D eigenvalue weighted by molar-refractivity contribution is 5.82. The zero-order chi connectivity index (χ0) is 18.4. The Balaban J connectivity index is 1.69. The van der Waals surface area contributed by atoms with Crippen LogP contribution < -0.4 is 4.68 Å². The van der Waals surface area contributed by atoms with Gasteiger partial charge in [-0.25, -0.2) is 8.78 Å². The lowest BCUT2D eigenvalue weighted by Crippen LogP contribution is -2.37. The summed E-state index contributed by atoms with van der Waals surface area (Å²) in [6, 6.07) is 7.03. The molecule has 26 heavy (non-hydrogen) atoms. The Morgan fingerprint density at radius 2 is 1.81 bits per heavy atom. The van der Waals surface area contributed by atoms with Crippen LogP contribution in [0.15, 0.2) is 36.7 Å². The third kappa shape index (κ3) is 2.66. The molecule has 0 amide bonds. The van der Waals surface area contributed by atoms with Gasteiger partial charge in [0.2, 0.25) is 6.20 Å². The Morgan fingerprint density at radius 1 is 1.04 bits per heavy atom. The van der Waals surface area contributed by atoms with Crippen molar-refractivity contribution in [3.05, 3.63) is 59.4 Å². The minimum absolute atomic E-state index is 0.0985. The van der Waals surface area contributed by atoms with Gasteiger partial charge in [-0.05, 0) is 29.2 Å². The molecule has 0 spiro atoms. The van der Waals surface area contributed by atoms with Gasteiger partial charge in [-0.1, -0.05) is 32.9 Å². The number of fused-ring (bicyclic) bond motifs is 2. The first-order chi connectivity index (χ1) is 12.5. The summed E-state index contributed by atoms with van der Waals surface area (Å²) in [5.74, 6) is -0.275. The van der Waals surface area contributed by atoms with E-state index >= 15 is 0 Å². The van der Waals surface area contributed by atoms with Gasteiger partial charge in [-0.15, -0.1) is 4.68 Å². The lowest BCUT2D eigenvalue weighted by atomic mass is 9.97. The molecule has 0 aliphatic heterocycles. The normalized spacial score (nSPS) is 13.2. The predicted octanol–water partition coefficient (Wildman–Crippen LogP) is 4.54. The van der Waals surface area contributed by atoms with Gasteiger partial charge in [0.1, 0.15) is 16.9 Å². The van der Waals surface area contributed by atoms with Crippen LogP contribution in [0.2, 0.25) is 0 Å². The van der Waals surface area contributed by atoms with E-state index < -0.39 is 0 Å². The predicted molar refractivity (Wildman–Crippen MR) is 97.0 cm³/mol. The van der Waals surface area contributed by atoms with Crippen LogP contribution in [0.3, 0.4) is 0 Å².